The summed E-state index contributed by atoms with van der Waals surface area (Å²) in [7, 11) is 9.59. The summed E-state index contributed by atoms with van der Waals surface area (Å²) in [6, 6.07) is 8.60. The number of halogens is 2. The van der Waals surface area contributed by atoms with E-state index in [4.69, 9.17) is 29.8 Å². The first-order valence-corrected chi connectivity index (χ1v) is 13.0. The summed E-state index contributed by atoms with van der Waals surface area (Å²) in [6.45, 7) is 13.9. The van der Waals surface area contributed by atoms with Crippen LogP contribution in [0.3, 0.4) is 0 Å². The van der Waals surface area contributed by atoms with Gasteiger partial charge in [0.25, 0.3) is 0 Å². The van der Waals surface area contributed by atoms with E-state index < -0.39 is 0 Å². The van der Waals surface area contributed by atoms with Crippen LogP contribution in [0.4, 0.5) is 0 Å². The van der Waals surface area contributed by atoms with E-state index in [-0.39, 0.29) is 29.7 Å². The zero-order chi connectivity index (χ0) is 21.4. The molecule has 28 heavy (non-hydrogen) atoms. The molecule has 2 rings (SSSR count). The molecule has 2 aromatic rings. The summed E-state index contributed by atoms with van der Waals surface area (Å²) in [6.07, 6.45) is 0. The van der Waals surface area contributed by atoms with Crippen LogP contribution in [0.15, 0.2) is 24.3 Å². The van der Waals surface area contributed by atoms with Crippen molar-refractivity contribution in [1.29, 1.82) is 0 Å². The monoisotopic (exact) mass is 515 g/mol. The van der Waals surface area contributed by atoms with Crippen molar-refractivity contribution >= 4 is 18.4 Å². The van der Waals surface area contributed by atoms with Crippen LogP contribution >= 0.6 is 18.4 Å². The molecule has 161 valence electrons. The van der Waals surface area contributed by atoms with Gasteiger partial charge in [0.15, 0.2) is 0 Å². The summed E-state index contributed by atoms with van der Waals surface area (Å²) >= 11 is 0.0144. The number of aryl methyl sites for hydroxylation is 6. The molecule has 4 N–H and O–H groups in total. The van der Waals surface area contributed by atoms with Crippen LogP contribution in [-0.2, 0) is 17.6 Å². The third kappa shape index (κ3) is 7.47. The fourth-order valence-corrected chi connectivity index (χ4v) is 4.09. The van der Waals surface area contributed by atoms with Crippen LogP contribution in [0.5, 0.6) is 0 Å². The Labute approximate surface area is 187 Å². The topological polar surface area (TPSA) is 66.1 Å². The molecule has 0 fully saturated rings. The van der Waals surface area contributed by atoms with Crippen molar-refractivity contribution in [3.8, 4) is 0 Å². The zero-order valence-electron chi connectivity index (χ0n) is 17.5. The minimum absolute atomic E-state index is 0.0144. The molecule has 0 bridgehead atoms. The normalized spacial score (nSPS) is 13.1. The van der Waals surface area contributed by atoms with E-state index in [1.807, 2.05) is 0 Å². The van der Waals surface area contributed by atoms with Gasteiger partial charge in [-0.15, -0.1) is 13.1 Å². The molecule has 2 aromatic carbocycles. The maximum absolute atomic E-state index is 6.42. The number of hydrogen-bond acceptors (Lipinski definition) is 2. The van der Waals surface area contributed by atoms with Crippen molar-refractivity contribution in [3.05, 3.63) is 74.1 Å². The SMILES string of the molecule is Cc1cc(C)c(C(N)C[N-]CC(N)c2c(C)cc(C)cc2C)c(C)c1.[Cl][Ag][Cl]. The number of nitrogens with zero attached hydrogens (tertiary/aromatic N) is 1. The summed E-state index contributed by atoms with van der Waals surface area (Å²) < 4.78 is 0. The number of rotatable bonds is 6. The third-order valence-electron chi connectivity index (χ3n) is 4.87. The Bertz CT molecular complexity index is 671. The molecule has 0 amide bonds. The summed E-state index contributed by atoms with van der Waals surface area (Å²) in [4.78, 5) is 0. The summed E-state index contributed by atoms with van der Waals surface area (Å²) in [5, 5.41) is 4.68. The van der Waals surface area contributed by atoms with Crippen LogP contribution < -0.4 is 11.5 Å². The molecule has 0 aliphatic carbocycles. The van der Waals surface area contributed by atoms with Crippen molar-refractivity contribution in [1.82, 2.24) is 0 Å². The van der Waals surface area contributed by atoms with Gasteiger partial charge in [-0.25, -0.2) is 0 Å². The Balaban J connectivity index is 0.00000122. The van der Waals surface area contributed by atoms with Gasteiger partial charge in [0.05, 0.1) is 0 Å². The Morgan fingerprint density at radius 1 is 0.714 bits per heavy atom. The van der Waals surface area contributed by atoms with E-state index >= 15 is 0 Å². The van der Waals surface area contributed by atoms with E-state index in [1.54, 1.807) is 0 Å². The zero-order valence-corrected chi connectivity index (χ0v) is 20.5. The van der Waals surface area contributed by atoms with E-state index in [1.165, 1.54) is 44.5 Å². The molecule has 0 saturated heterocycles. The molecule has 0 spiro atoms. The Morgan fingerprint density at radius 3 is 1.21 bits per heavy atom. The molecule has 6 heteroatoms. The number of hydrogen-bond donors (Lipinski definition) is 2. The predicted octanol–water partition coefficient (Wildman–Crippen LogP) is 5.99. The van der Waals surface area contributed by atoms with Crippen LogP contribution in [0.2, 0.25) is 0 Å². The molecule has 2 unspecified atom stereocenters. The average Bonchev–Trinajstić information content (AvgIpc) is 2.53. The standard InChI is InChI=1S/C22H32N3.Ag.2ClH/c1-13-7-15(3)21(16(4)8-13)19(23)11-25-12-20(24)22-17(5)9-14(2)10-18(22)6;;;/h7-10,19-20H,11-12,23-24H2,1-6H3;;2*1H/q-1;+2;;/p-2. The molecule has 0 aliphatic rings. The van der Waals surface area contributed by atoms with Gasteiger partial charge in [-0.2, -0.15) is 0 Å². The maximum atomic E-state index is 6.42. The van der Waals surface area contributed by atoms with E-state index in [0.29, 0.717) is 13.1 Å². The van der Waals surface area contributed by atoms with Gasteiger partial charge in [-0.05, 0) is 74.9 Å². The molecule has 0 radical (unpaired) electrons. The van der Waals surface area contributed by atoms with Crippen molar-refractivity contribution < 1.29 is 17.6 Å². The van der Waals surface area contributed by atoms with Crippen LogP contribution in [0.25, 0.3) is 5.32 Å². The molecular weight excluding hydrogens is 485 g/mol. The van der Waals surface area contributed by atoms with Gasteiger partial charge in [-0.3, -0.25) is 0 Å². The quantitative estimate of drug-likeness (QED) is 0.463. The van der Waals surface area contributed by atoms with E-state index in [9.17, 15) is 0 Å². The van der Waals surface area contributed by atoms with Gasteiger partial charge in [-0.1, -0.05) is 35.4 Å². The van der Waals surface area contributed by atoms with Crippen LogP contribution in [-0.4, -0.2) is 13.1 Å². The van der Waals surface area contributed by atoms with E-state index in [0.717, 1.165) is 0 Å². The van der Waals surface area contributed by atoms with Crippen LogP contribution in [0, 0.1) is 41.5 Å². The van der Waals surface area contributed by atoms with Gasteiger partial charge in [0.1, 0.15) is 0 Å². The first-order valence-electron chi connectivity index (χ1n) is 9.23. The molecular formula is C22H32AgCl2N3-. The molecule has 3 nitrogen and oxygen atoms in total. The predicted molar refractivity (Wildman–Crippen MR) is 120 cm³/mol. The second-order valence-electron chi connectivity index (χ2n) is 7.47. The van der Waals surface area contributed by atoms with Gasteiger partial charge in [0.2, 0.25) is 0 Å². The Kier molecular flexibility index (Phi) is 11.3. The van der Waals surface area contributed by atoms with Gasteiger partial charge < -0.3 is 16.8 Å². The van der Waals surface area contributed by atoms with Crippen molar-refractivity contribution in [2.45, 2.75) is 53.6 Å². The molecule has 0 heterocycles. The van der Waals surface area contributed by atoms with Crippen molar-refractivity contribution in [3.63, 3.8) is 0 Å². The second-order valence-corrected chi connectivity index (χ2v) is 9.72. The van der Waals surface area contributed by atoms with Crippen molar-refractivity contribution in [2.75, 3.05) is 13.1 Å². The third-order valence-corrected chi connectivity index (χ3v) is 4.87. The molecule has 2 atom stereocenters. The number of benzene rings is 2. The summed E-state index contributed by atoms with van der Waals surface area (Å²) in [5.74, 6) is 0. The minimum atomic E-state index is -0.0759. The molecule has 0 aromatic heterocycles. The fraction of sp³-hybridized carbons (Fsp3) is 0.455. The summed E-state index contributed by atoms with van der Waals surface area (Å²) in [5.41, 5.74) is 22.8. The Hall–Kier alpha value is -0.360. The first kappa shape index (κ1) is 25.7. The van der Waals surface area contributed by atoms with Crippen LogP contribution in [0.1, 0.15) is 56.6 Å². The van der Waals surface area contributed by atoms with Gasteiger partial charge >= 0.3 is 36.0 Å². The molecule has 0 aliphatic heterocycles. The Morgan fingerprint density at radius 2 is 0.964 bits per heavy atom. The number of nitrogens with two attached hydrogens (primary N) is 2. The average molecular weight is 517 g/mol. The second kappa shape index (κ2) is 12.4. The van der Waals surface area contributed by atoms with E-state index in [2.05, 4.69) is 71.1 Å². The van der Waals surface area contributed by atoms with Crippen molar-refractivity contribution in [2.24, 2.45) is 11.5 Å². The fourth-order valence-electron chi connectivity index (χ4n) is 4.09. The van der Waals surface area contributed by atoms with Gasteiger partial charge in [0, 0.05) is 12.1 Å². The first-order chi connectivity index (χ1) is 13.1. The molecule has 0 saturated carbocycles.